The van der Waals surface area contributed by atoms with E-state index in [1.165, 1.54) is 10.8 Å². The Bertz CT molecular complexity index is 8940. The molecule has 0 aliphatic rings. The second-order valence-electron chi connectivity index (χ2n) is 34.0. The topological polar surface area (TPSA) is 139 Å². The standard InChI is InChI=1S/2C62H39N5O/c1-6-19-40(20-7-1)47-34-33-44(35-50(47)41-21-8-2-9-22-41)45-36-53(62-65-60(42-23-10-3-11-24-42)64-61(66-62)43-25-12-4-13-26-43)59(63-39-45)49-30-18-32-56-58(49)52-37-51-48-29-16-17-31-54(48)67(46-27-14-5-15-28-46)55(51)38-57(52)68-56;1-6-18-40(19-7-1)48-32-30-44(34-50(48)41-20-8-2-9-21-41)46-36-54(62-65-60(42-22-10-3-11-23-42)64-61(66-62)43-24-12-4-13-25-43)59(63-39-46)45-31-33-57-52(35-45)53-37-51-49-28-16-17-29-55(49)67(47-26-14-5-15-27-47)56(51)38-58(53)68-57/h2*1-39H. The fraction of sp³-hybridized carbons (Fsp3) is 0. The Morgan fingerprint density at radius 3 is 0.926 bits per heavy atom. The zero-order chi connectivity index (χ0) is 89.9. The van der Waals surface area contributed by atoms with Crippen LogP contribution in [-0.4, -0.2) is 49.0 Å². The van der Waals surface area contributed by atoms with Crippen LogP contribution < -0.4 is 0 Å². The van der Waals surface area contributed by atoms with Crippen molar-refractivity contribution in [1.29, 1.82) is 0 Å². The van der Waals surface area contributed by atoms with Gasteiger partial charge in [0.1, 0.15) is 22.3 Å². The Balaban J connectivity index is 0.000000145. The van der Waals surface area contributed by atoms with Gasteiger partial charge in [0.2, 0.25) is 0 Å². The highest BCUT2D eigenvalue weighted by Crippen LogP contribution is 2.48. The molecule has 0 fully saturated rings. The lowest BCUT2D eigenvalue weighted by Gasteiger charge is -2.16. The second-order valence-corrected chi connectivity index (χ2v) is 34.0. The summed E-state index contributed by atoms with van der Waals surface area (Å²) in [6, 6.07) is 160. The molecule has 0 unspecified atom stereocenters. The van der Waals surface area contributed by atoms with Crippen LogP contribution >= 0.6 is 0 Å². The van der Waals surface area contributed by atoms with E-state index in [1.807, 2.05) is 146 Å². The average molecular weight is 1740 g/mol. The molecule has 26 rings (SSSR count). The summed E-state index contributed by atoms with van der Waals surface area (Å²) in [7, 11) is 0. The van der Waals surface area contributed by atoms with Gasteiger partial charge in [-0.15, -0.1) is 0 Å². The Hall–Kier alpha value is -18.5. The van der Waals surface area contributed by atoms with Crippen LogP contribution in [0.4, 0.5) is 0 Å². The zero-order valence-corrected chi connectivity index (χ0v) is 73.3. The molecule has 12 heteroatoms. The molecular formula is C124H78N10O2. The number of aromatic nitrogens is 10. The fourth-order valence-corrected chi connectivity index (χ4v) is 19.4. The Labute approximate surface area is 782 Å². The summed E-state index contributed by atoms with van der Waals surface area (Å²) in [5, 5.41) is 8.67. The predicted octanol–water partition coefficient (Wildman–Crippen LogP) is 31.9. The van der Waals surface area contributed by atoms with Crippen LogP contribution in [0, 0.1) is 0 Å². The second kappa shape index (κ2) is 34.1. The van der Waals surface area contributed by atoms with E-state index >= 15 is 0 Å². The van der Waals surface area contributed by atoms with E-state index in [4.69, 9.17) is 48.7 Å². The Kier molecular flexibility index (Phi) is 20.0. The molecule has 0 spiro atoms. The van der Waals surface area contributed by atoms with E-state index < -0.39 is 0 Å². The van der Waals surface area contributed by atoms with Crippen molar-refractivity contribution in [3.8, 4) is 169 Å². The van der Waals surface area contributed by atoms with Crippen LogP contribution in [0.25, 0.3) is 256 Å². The molecule has 636 valence electrons. The maximum Gasteiger partial charge on any atom is 0.166 e. The highest BCUT2D eigenvalue weighted by molar-refractivity contribution is 6.21. The van der Waals surface area contributed by atoms with E-state index in [0.717, 1.165) is 211 Å². The van der Waals surface area contributed by atoms with Gasteiger partial charge in [0.15, 0.2) is 34.9 Å². The zero-order valence-electron chi connectivity index (χ0n) is 73.3. The first-order valence-corrected chi connectivity index (χ1v) is 45.6. The number of benzene rings is 18. The summed E-state index contributed by atoms with van der Waals surface area (Å²) in [5.41, 5.74) is 31.4. The highest BCUT2D eigenvalue weighted by atomic mass is 16.3. The van der Waals surface area contributed by atoms with Crippen LogP contribution in [0.1, 0.15) is 0 Å². The summed E-state index contributed by atoms with van der Waals surface area (Å²) in [5.74, 6) is 3.36. The molecule has 0 saturated carbocycles. The SMILES string of the molecule is c1ccc(-c2nc(-c3ccccc3)nc(-c3cc(-c4ccc(-c5ccccc5)c(-c5ccccc5)c4)cnc3-c3ccc4oc5cc6c(cc5c4c3)c3ccccc3n6-c3ccccc3)n2)cc1.c1ccc(-c2nc(-c3ccccc3)nc(-c3cc(-c4ccc(-c5ccccc5)c(-c5ccccc5)c4)cnc3-c3cccc4oc5cc6c(cc5c34)c3ccccc3n6-c3ccccc3)n2)cc1. The lowest BCUT2D eigenvalue weighted by atomic mass is 9.90. The molecule has 0 N–H and O–H groups in total. The number of rotatable bonds is 16. The predicted molar refractivity (Wildman–Crippen MR) is 555 cm³/mol. The number of nitrogens with zero attached hydrogens (tertiary/aromatic N) is 10. The molecule has 12 nitrogen and oxygen atoms in total. The summed E-state index contributed by atoms with van der Waals surface area (Å²) < 4.78 is 18.1. The van der Waals surface area contributed by atoms with Crippen molar-refractivity contribution >= 4 is 87.5 Å². The smallest absolute Gasteiger partial charge is 0.166 e. The number of para-hydroxylation sites is 4. The maximum atomic E-state index is 6.82. The largest absolute Gasteiger partial charge is 0.456 e. The fourth-order valence-electron chi connectivity index (χ4n) is 19.4. The lowest BCUT2D eigenvalue weighted by molar-refractivity contribution is 0.669. The molecule has 136 heavy (non-hydrogen) atoms. The first-order chi connectivity index (χ1) is 67.4. The molecular weight excluding hydrogens is 1660 g/mol. The first-order valence-electron chi connectivity index (χ1n) is 45.6. The summed E-state index contributed by atoms with van der Waals surface area (Å²) in [6.45, 7) is 0. The molecule has 8 aromatic heterocycles. The Morgan fingerprint density at radius 2 is 0.493 bits per heavy atom. The van der Waals surface area contributed by atoms with Gasteiger partial charge in [-0.25, -0.2) is 29.9 Å². The number of pyridine rings is 2. The molecule has 0 saturated heterocycles. The van der Waals surface area contributed by atoms with Gasteiger partial charge in [-0.3, -0.25) is 9.97 Å². The summed E-state index contributed by atoms with van der Waals surface area (Å²) in [6.07, 6.45) is 3.96. The minimum absolute atomic E-state index is 0.518. The minimum Gasteiger partial charge on any atom is -0.456 e. The van der Waals surface area contributed by atoms with Crippen molar-refractivity contribution in [3.63, 3.8) is 0 Å². The van der Waals surface area contributed by atoms with Crippen molar-refractivity contribution < 1.29 is 8.83 Å². The molecule has 0 aliphatic carbocycles. The average Bonchev–Trinajstić information content (AvgIpc) is 1.54. The molecule has 0 bridgehead atoms. The van der Waals surface area contributed by atoms with Crippen LogP contribution in [0.2, 0.25) is 0 Å². The third-order valence-corrected chi connectivity index (χ3v) is 25.8. The number of hydrogen-bond donors (Lipinski definition) is 0. The van der Waals surface area contributed by atoms with Gasteiger partial charge in [-0.05, 0) is 153 Å². The molecule has 18 aromatic carbocycles. The summed E-state index contributed by atoms with van der Waals surface area (Å²) >= 11 is 0. The van der Waals surface area contributed by atoms with E-state index in [0.29, 0.717) is 34.9 Å². The number of furan rings is 2. The first kappa shape index (κ1) is 79.6. The van der Waals surface area contributed by atoms with Crippen molar-refractivity contribution in [1.82, 2.24) is 49.0 Å². The van der Waals surface area contributed by atoms with Crippen molar-refractivity contribution in [2.45, 2.75) is 0 Å². The highest BCUT2D eigenvalue weighted by Gasteiger charge is 2.27. The Morgan fingerprint density at radius 1 is 0.162 bits per heavy atom. The molecule has 26 aromatic rings. The molecule has 0 aliphatic heterocycles. The van der Waals surface area contributed by atoms with Gasteiger partial charge in [0, 0.05) is 135 Å². The molecule has 8 heterocycles. The van der Waals surface area contributed by atoms with Crippen LogP contribution in [0.5, 0.6) is 0 Å². The third kappa shape index (κ3) is 14.6. The normalized spacial score (nSPS) is 11.5. The van der Waals surface area contributed by atoms with E-state index in [1.54, 1.807) is 0 Å². The van der Waals surface area contributed by atoms with Crippen LogP contribution in [-0.2, 0) is 0 Å². The third-order valence-electron chi connectivity index (χ3n) is 25.8. The molecule has 0 radical (unpaired) electrons. The van der Waals surface area contributed by atoms with Gasteiger partial charge < -0.3 is 18.0 Å². The van der Waals surface area contributed by atoms with Gasteiger partial charge in [-0.1, -0.05) is 352 Å². The van der Waals surface area contributed by atoms with Crippen molar-refractivity contribution in [3.05, 3.63) is 473 Å². The summed E-state index contributed by atoms with van der Waals surface area (Å²) in [4.78, 5) is 42.0. The van der Waals surface area contributed by atoms with Crippen molar-refractivity contribution in [2.24, 2.45) is 0 Å². The van der Waals surface area contributed by atoms with Crippen LogP contribution in [0.3, 0.4) is 0 Å². The van der Waals surface area contributed by atoms with Gasteiger partial charge in [-0.2, -0.15) is 0 Å². The van der Waals surface area contributed by atoms with E-state index in [2.05, 4.69) is 337 Å². The van der Waals surface area contributed by atoms with Gasteiger partial charge >= 0.3 is 0 Å². The minimum atomic E-state index is 0.518. The maximum absolute atomic E-state index is 6.82. The number of fused-ring (bicyclic) bond motifs is 12. The molecule has 0 amide bonds. The van der Waals surface area contributed by atoms with Gasteiger partial charge in [0.05, 0.1) is 33.5 Å². The van der Waals surface area contributed by atoms with Gasteiger partial charge in [0.25, 0.3) is 0 Å². The van der Waals surface area contributed by atoms with Crippen molar-refractivity contribution in [2.75, 3.05) is 0 Å². The monoisotopic (exact) mass is 1740 g/mol. The van der Waals surface area contributed by atoms with Crippen LogP contribution in [0.15, 0.2) is 482 Å². The lowest BCUT2D eigenvalue weighted by Crippen LogP contribution is -2.02. The molecule has 0 atom stereocenters. The quantitative estimate of drug-likeness (QED) is 0.0918. The number of hydrogen-bond acceptors (Lipinski definition) is 10. The van der Waals surface area contributed by atoms with E-state index in [9.17, 15) is 0 Å². The van der Waals surface area contributed by atoms with E-state index in [-0.39, 0.29) is 0 Å².